The van der Waals surface area contributed by atoms with Gasteiger partial charge in [-0.05, 0) is 49.9 Å². The van der Waals surface area contributed by atoms with Gasteiger partial charge < -0.3 is 9.84 Å². The quantitative estimate of drug-likeness (QED) is 0.751. The summed E-state index contributed by atoms with van der Waals surface area (Å²) in [5.41, 5.74) is 0.982. The van der Waals surface area contributed by atoms with Gasteiger partial charge in [-0.3, -0.25) is 4.90 Å². The average molecular weight is 277 g/mol. The molecule has 1 atom stereocenters. The molecule has 0 spiro atoms. The SMILES string of the molecule is CCCOc1ccc(C(O)CN(CCC)C2CC2)cc1. The Balaban J connectivity index is 1.88. The summed E-state index contributed by atoms with van der Waals surface area (Å²) in [7, 11) is 0. The van der Waals surface area contributed by atoms with Crippen LogP contribution in [0.1, 0.15) is 51.2 Å². The molecule has 0 heterocycles. The largest absolute Gasteiger partial charge is 0.494 e. The molecule has 3 heteroatoms. The molecule has 20 heavy (non-hydrogen) atoms. The summed E-state index contributed by atoms with van der Waals surface area (Å²) < 4.78 is 5.57. The van der Waals surface area contributed by atoms with E-state index < -0.39 is 6.10 Å². The summed E-state index contributed by atoms with van der Waals surface area (Å²) in [5.74, 6) is 0.885. The normalized spacial score (nSPS) is 16.4. The minimum Gasteiger partial charge on any atom is -0.494 e. The van der Waals surface area contributed by atoms with Gasteiger partial charge in [0.25, 0.3) is 0 Å². The van der Waals surface area contributed by atoms with Crippen molar-refractivity contribution in [2.75, 3.05) is 19.7 Å². The van der Waals surface area contributed by atoms with Crippen molar-refractivity contribution in [1.29, 1.82) is 0 Å². The van der Waals surface area contributed by atoms with E-state index in [1.165, 1.54) is 12.8 Å². The minimum absolute atomic E-state index is 0.401. The van der Waals surface area contributed by atoms with Crippen molar-refractivity contribution >= 4 is 0 Å². The molecule has 0 radical (unpaired) electrons. The van der Waals surface area contributed by atoms with Gasteiger partial charge in [-0.25, -0.2) is 0 Å². The van der Waals surface area contributed by atoms with Crippen molar-refractivity contribution < 1.29 is 9.84 Å². The molecule has 0 amide bonds. The zero-order valence-corrected chi connectivity index (χ0v) is 12.7. The van der Waals surface area contributed by atoms with Crippen LogP contribution in [-0.4, -0.2) is 35.7 Å². The zero-order valence-electron chi connectivity index (χ0n) is 12.7. The topological polar surface area (TPSA) is 32.7 Å². The second kappa shape index (κ2) is 7.65. The van der Waals surface area contributed by atoms with Crippen molar-refractivity contribution in [3.8, 4) is 5.75 Å². The molecule has 2 rings (SSSR count). The van der Waals surface area contributed by atoms with Crippen LogP contribution in [0.3, 0.4) is 0 Å². The van der Waals surface area contributed by atoms with E-state index in [-0.39, 0.29) is 0 Å². The molecule has 0 aliphatic heterocycles. The van der Waals surface area contributed by atoms with Crippen LogP contribution in [0.5, 0.6) is 5.75 Å². The molecule has 0 bridgehead atoms. The third-order valence-corrected chi connectivity index (χ3v) is 3.72. The van der Waals surface area contributed by atoms with Crippen molar-refractivity contribution in [1.82, 2.24) is 4.90 Å². The molecule has 0 aromatic heterocycles. The van der Waals surface area contributed by atoms with E-state index in [2.05, 4.69) is 18.7 Å². The van der Waals surface area contributed by atoms with Gasteiger partial charge in [-0.2, -0.15) is 0 Å². The van der Waals surface area contributed by atoms with Crippen LogP contribution in [0.4, 0.5) is 0 Å². The molecule has 112 valence electrons. The minimum atomic E-state index is -0.401. The number of rotatable bonds is 9. The van der Waals surface area contributed by atoms with Gasteiger partial charge in [0.2, 0.25) is 0 Å². The first-order valence-corrected chi connectivity index (χ1v) is 7.89. The maximum absolute atomic E-state index is 10.4. The van der Waals surface area contributed by atoms with Crippen molar-refractivity contribution in [3.63, 3.8) is 0 Å². The van der Waals surface area contributed by atoms with E-state index in [4.69, 9.17) is 4.74 Å². The molecular formula is C17H27NO2. The summed E-state index contributed by atoms with van der Waals surface area (Å²) in [4.78, 5) is 2.42. The van der Waals surface area contributed by atoms with Crippen molar-refractivity contribution in [3.05, 3.63) is 29.8 Å². The molecule has 1 unspecified atom stereocenters. The first-order chi connectivity index (χ1) is 9.74. The third-order valence-electron chi connectivity index (χ3n) is 3.72. The lowest BCUT2D eigenvalue weighted by molar-refractivity contribution is 0.108. The number of benzene rings is 1. The molecular weight excluding hydrogens is 250 g/mol. The summed E-state index contributed by atoms with van der Waals surface area (Å²) in [6.07, 6.45) is 4.33. The molecule has 1 saturated carbocycles. The maximum Gasteiger partial charge on any atom is 0.119 e. The number of ether oxygens (including phenoxy) is 1. The zero-order chi connectivity index (χ0) is 14.4. The molecule has 1 aromatic rings. The standard InChI is InChI=1S/C17H27NO2/c1-3-11-18(15-7-8-15)13-17(19)14-5-9-16(10-6-14)20-12-4-2/h5-6,9-10,15,17,19H,3-4,7-8,11-13H2,1-2H3. The predicted octanol–water partition coefficient (Wildman–Crippen LogP) is 3.38. The first kappa shape index (κ1) is 15.3. The van der Waals surface area contributed by atoms with Crippen molar-refractivity contribution in [2.24, 2.45) is 0 Å². The van der Waals surface area contributed by atoms with Gasteiger partial charge in [-0.1, -0.05) is 26.0 Å². The Morgan fingerprint density at radius 3 is 2.45 bits per heavy atom. The number of nitrogens with zero attached hydrogens (tertiary/aromatic N) is 1. The highest BCUT2D eigenvalue weighted by atomic mass is 16.5. The Kier molecular flexibility index (Phi) is 5.86. The van der Waals surface area contributed by atoms with Crippen LogP contribution < -0.4 is 4.74 Å². The fourth-order valence-corrected chi connectivity index (χ4v) is 2.48. The van der Waals surface area contributed by atoms with Gasteiger partial charge in [0.15, 0.2) is 0 Å². The van der Waals surface area contributed by atoms with Crippen LogP contribution in [0.2, 0.25) is 0 Å². The van der Waals surface area contributed by atoms with E-state index in [9.17, 15) is 5.11 Å². The highest BCUT2D eigenvalue weighted by Gasteiger charge is 2.29. The van der Waals surface area contributed by atoms with Crippen LogP contribution in [-0.2, 0) is 0 Å². The Morgan fingerprint density at radius 2 is 1.90 bits per heavy atom. The monoisotopic (exact) mass is 277 g/mol. The van der Waals surface area contributed by atoms with Gasteiger partial charge >= 0.3 is 0 Å². The molecule has 1 N–H and O–H groups in total. The third kappa shape index (κ3) is 4.50. The van der Waals surface area contributed by atoms with Gasteiger partial charge in [0.1, 0.15) is 5.75 Å². The Morgan fingerprint density at radius 1 is 1.20 bits per heavy atom. The van der Waals surface area contributed by atoms with E-state index in [1.54, 1.807) is 0 Å². The fraction of sp³-hybridized carbons (Fsp3) is 0.647. The lowest BCUT2D eigenvalue weighted by Crippen LogP contribution is -2.31. The van der Waals surface area contributed by atoms with E-state index in [0.29, 0.717) is 6.04 Å². The van der Waals surface area contributed by atoms with Crippen LogP contribution in [0, 0.1) is 0 Å². The van der Waals surface area contributed by atoms with Crippen molar-refractivity contribution in [2.45, 2.75) is 51.7 Å². The van der Waals surface area contributed by atoms with Crippen LogP contribution in [0.25, 0.3) is 0 Å². The Bertz CT molecular complexity index is 386. The van der Waals surface area contributed by atoms with Crippen LogP contribution in [0.15, 0.2) is 24.3 Å². The second-order valence-electron chi connectivity index (χ2n) is 5.66. The number of hydrogen-bond donors (Lipinski definition) is 1. The number of hydrogen-bond acceptors (Lipinski definition) is 3. The fourth-order valence-electron chi connectivity index (χ4n) is 2.48. The lowest BCUT2D eigenvalue weighted by atomic mass is 10.1. The van der Waals surface area contributed by atoms with Crippen LogP contribution >= 0.6 is 0 Å². The molecule has 1 aliphatic carbocycles. The summed E-state index contributed by atoms with van der Waals surface area (Å²) in [6, 6.07) is 8.57. The lowest BCUT2D eigenvalue weighted by Gasteiger charge is -2.24. The average Bonchev–Trinajstić information content (AvgIpc) is 3.29. The van der Waals surface area contributed by atoms with Gasteiger partial charge in [0, 0.05) is 12.6 Å². The summed E-state index contributed by atoms with van der Waals surface area (Å²) >= 11 is 0. The summed E-state index contributed by atoms with van der Waals surface area (Å²) in [5, 5.41) is 10.4. The second-order valence-corrected chi connectivity index (χ2v) is 5.66. The Labute approximate surface area is 122 Å². The highest BCUT2D eigenvalue weighted by Crippen LogP contribution is 2.29. The van der Waals surface area contributed by atoms with Gasteiger partial charge in [0.05, 0.1) is 12.7 Å². The Hall–Kier alpha value is -1.06. The van der Waals surface area contributed by atoms with E-state index in [1.807, 2.05) is 24.3 Å². The predicted molar refractivity (Wildman–Crippen MR) is 82.1 cm³/mol. The molecule has 3 nitrogen and oxygen atoms in total. The summed E-state index contributed by atoms with van der Waals surface area (Å²) in [6.45, 7) is 6.86. The molecule has 1 aliphatic rings. The van der Waals surface area contributed by atoms with E-state index >= 15 is 0 Å². The molecule has 0 saturated heterocycles. The highest BCUT2D eigenvalue weighted by molar-refractivity contribution is 5.28. The number of aliphatic hydroxyl groups is 1. The first-order valence-electron chi connectivity index (χ1n) is 7.89. The smallest absolute Gasteiger partial charge is 0.119 e. The van der Waals surface area contributed by atoms with E-state index in [0.717, 1.165) is 43.9 Å². The van der Waals surface area contributed by atoms with Gasteiger partial charge in [-0.15, -0.1) is 0 Å². The maximum atomic E-state index is 10.4. The number of aliphatic hydroxyl groups excluding tert-OH is 1. The molecule has 1 fully saturated rings. The molecule has 1 aromatic carbocycles.